The smallest absolute Gasteiger partial charge is 0.327 e. The maximum Gasteiger partial charge on any atom is 0.327 e. The molecular formula is C23H25N7O2. The van der Waals surface area contributed by atoms with E-state index in [0.717, 1.165) is 17.0 Å². The van der Waals surface area contributed by atoms with E-state index in [4.69, 9.17) is 15.7 Å². The quantitative estimate of drug-likeness (QED) is 0.531. The lowest BCUT2D eigenvalue weighted by Crippen LogP contribution is -2.27. The lowest BCUT2D eigenvalue weighted by Gasteiger charge is -2.25. The Labute approximate surface area is 186 Å². The summed E-state index contributed by atoms with van der Waals surface area (Å²) in [6.07, 6.45) is 1.25. The van der Waals surface area contributed by atoms with E-state index in [1.807, 2.05) is 43.1 Å². The Kier molecular flexibility index (Phi) is 6.75. The van der Waals surface area contributed by atoms with Crippen molar-refractivity contribution in [3.63, 3.8) is 0 Å². The number of hydrogen-bond acceptors (Lipinski definition) is 7. The molecular weight excluding hydrogens is 406 g/mol. The second kappa shape index (κ2) is 9.66. The number of aliphatic imine (C=N–C) groups is 2. The van der Waals surface area contributed by atoms with Crippen LogP contribution in [0.1, 0.15) is 23.7 Å². The number of imidazole rings is 1. The summed E-state index contributed by atoms with van der Waals surface area (Å²) < 4.78 is 6.61. The largest absolute Gasteiger partial charge is 0.497 e. The minimum atomic E-state index is -0.314. The molecule has 3 rings (SSSR count). The number of rotatable bonds is 8. The van der Waals surface area contributed by atoms with Crippen LogP contribution < -0.4 is 21.1 Å². The number of nitrogens with one attached hydrogen (secondary N) is 1. The van der Waals surface area contributed by atoms with Gasteiger partial charge in [0.25, 0.3) is 0 Å². The number of methoxy groups -OCH3 is 1. The van der Waals surface area contributed by atoms with Crippen molar-refractivity contribution in [2.75, 3.05) is 24.8 Å². The van der Waals surface area contributed by atoms with Crippen LogP contribution >= 0.6 is 0 Å². The summed E-state index contributed by atoms with van der Waals surface area (Å²) >= 11 is 0. The minimum Gasteiger partial charge on any atom is -0.497 e. The summed E-state index contributed by atoms with van der Waals surface area (Å²) in [6, 6.07) is 14.7. The van der Waals surface area contributed by atoms with Gasteiger partial charge >= 0.3 is 5.69 Å². The number of H-pyrrole nitrogens is 1. The summed E-state index contributed by atoms with van der Waals surface area (Å²) in [5.74, 6) is 1.04. The first kappa shape index (κ1) is 22.4. The molecule has 0 spiro atoms. The Balaban J connectivity index is 1.79. The third kappa shape index (κ3) is 4.70. The molecule has 32 heavy (non-hydrogen) atoms. The van der Waals surface area contributed by atoms with Gasteiger partial charge < -0.3 is 20.4 Å². The molecule has 0 saturated heterocycles. The van der Waals surface area contributed by atoms with E-state index >= 15 is 0 Å². The van der Waals surface area contributed by atoms with Gasteiger partial charge in [0.15, 0.2) is 0 Å². The van der Waals surface area contributed by atoms with Crippen LogP contribution in [0.25, 0.3) is 0 Å². The molecule has 0 aliphatic heterocycles. The summed E-state index contributed by atoms with van der Waals surface area (Å²) in [6.45, 7) is 5.80. The van der Waals surface area contributed by atoms with Crippen LogP contribution in [0.5, 0.6) is 5.75 Å². The zero-order chi connectivity index (χ0) is 23.3. The van der Waals surface area contributed by atoms with E-state index in [2.05, 4.69) is 27.8 Å². The number of aromatic nitrogens is 2. The number of nitrogens with zero attached hydrogens (tertiary/aromatic N) is 5. The summed E-state index contributed by atoms with van der Waals surface area (Å²) in [4.78, 5) is 25.6. The maximum atomic E-state index is 12.4. The van der Waals surface area contributed by atoms with Gasteiger partial charge in [-0.1, -0.05) is 12.1 Å². The number of aromatic amines is 1. The molecule has 0 aliphatic rings. The standard InChI is InChI=1S/C23H25N7O2/c1-15(29(3)21-10-7-17(12-24)11-19(21)26-2)27-13-20-22(25)30(23(31)28-20)14-16-5-8-18(32-4)9-6-16/h5-11,13,15H,2,14,25H2,1,3-4H3,(H,28,31)/b27-13-. The molecule has 3 N–H and O–H groups in total. The highest BCUT2D eigenvalue weighted by Gasteiger charge is 2.14. The van der Waals surface area contributed by atoms with E-state index in [1.165, 1.54) is 4.57 Å². The second-order valence-corrected chi connectivity index (χ2v) is 7.16. The van der Waals surface area contributed by atoms with Crippen molar-refractivity contribution in [3.8, 4) is 11.8 Å². The van der Waals surface area contributed by atoms with Gasteiger partial charge in [-0.05, 0) is 49.5 Å². The highest BCUT2D eigenvalue weighted by atomic mass is 16.5. The summed E-state index contributed by atoms with van der Waals surface area (Å²) in [7, 11) is 3.46. The first-order valence-corrected chi connectivity index (χ1v) is 9.86. The van der Waals surface area contributed by atoms with E-state index in [9.17, 15) is 4.79 Å². The maximum absolute atomic E-state index is 12.4. The van der Waals surface area contributed by atoms with E-state index in [0.29, 0.717) is 29.3 Å². The van der Waals surface area contributed by atoms with Crippen molar-refractivity contribution in [2.24, 2.45) is 9.98 Å². The lowest BCUT2D eigenvalue weighted by atomic mass is 10.1. The predicted molar refractivity (Wildman–Crippen MR) is 127 cm³/mol. The molecule has 9 heteroatoms. The molecule has 1 aromatic heterocycles. The fraction of sp³-hybridized carbons (Fsp3) is 0.217. The predicted octanol–water partition coefficient (Wildman–Crippen LogP) is 2.92. The highest BCUT2D eigenvalue weighted by molar-refractivity contribution is 5.83. The third-order valence-corrected chi connectivity index (χ3v) is 5.19. The number of ether oxygens (including phenoxy) is 1. The number of benzene rings is 2. The van der Waals surface area contributed by atoms with Crippen LogP contribution in [0.2, 0.25) is 0 Å². The van der Waals surface area contributed by atoms with Gasteiger partial charge in [0.05, 0.1) is 42.9 Å². The van der Waals surface area contributed by atoms with Gasteiger partial charge in [-0.15, -0.1) is 0 Å². The molecule has 164 valence electrons. The van der Waals surface area contributed by atoms with Gasteiger partial charge in [-0.3, -0.25) is 14.6 Å². The number of hydrogen-bond donors (Lipinski definition) is 2. The van der Waals surface area contributed by atoms with Crippen LogP contribution in [0, 0.1) is 11.3 Å². The van der Waals surface area contributed by atoms with Gasteiger partial charge in [0.1, 0.15) is 23.4 Å². The van der Waals surface area contributed by atoms with Crippen LogP contribution in [-0.4, -0.2) is 42.8 Å². The molecule has 0 aliphatic carbocycles. The number of anilines is 2. The molecule has 0 saturated carbocycles. The normalized spacial score (nSPS) is 11.8. The Bertz CT molecular complexity index is 1230. The van der Waals surface area contributed by atoms with Crippen LogP contribution in [-0.2, 0) is 6.54 Å². The first-order valence-electron chi connectivity index (χ1n) is 9.86. The van der Waals surface area contributed by atoms with Crippen molar-refractivity contribution in [1.82, 2.24) is 9.55 Å². The molecule has 9 nitrogen and oxygen atoms in total. The zero-order valence-electron chi connectivity index (χ0n) is 18.2. The lowest BCUT2D eigenvalue weighted by molar-refractivity contribution is 0.414. The molecule has 3 aromatic rings. The molecule has 0 radical (unpaired) electrons. The highest BCUT2D eigenvalue weighted by Crippen LogP contribution is 2.30. The van der Waals surface area contributed by atoms with Gasteiger partial charge in [0.2, 0.25) is 0 Å². The average Bonchev–Trinajstić information content (AvgIpc) is 3.09. The Hall–Kier alpha value is -4.32. The summed E-state index contributed by atoms with van der Waals surface area (Å²) in [5, 5.41) is 9.08. The summed E-state index contributed by atoms with van der Waals surface area (Å²) in [5.41, 5.74) is 9.12. The van der Waals surface area contributed by atoms with Gasteiger partial charge in [-0.2, -0.15) is 5.26 Å². The van der Waals surface area contributed by atoms with E-state index in [-0.39, 0.29) is 11.9 Å². The van der Waals surface area contributed by atoms with Crippen molar-refractivity contribution in [1.29, 1.82) is 5.26 Å². The van der Waals surface area contributed by atoms with E-state index in [1.54, 1.807) is 31.5 Å². The van der Waals surface area contributed by atoms with Crippen LogP contribution in [0.4, 0.5) is 17.2 Å². The number of nitrogens with two attached hydrogens (primary N) is 1. The Morgan fingerprint density at radius 2 is 2.06 bits per heavy atom. The van der Waals surface area contributed by atoms with E-state index < -0.39 is 0 Å². The van der Waals surface area contributed by atoms with Crippen LogP contribution in [0.15, 0.2) is 57.2 Å². The van der Waals surface area contributed by atoms with Gasteiger partial charge in [0, 0.05) is 7.05 Å². The fourth-order valence-corrected chi connectivity index (χ4v) is 3.17. The molecule has 0 fully saturated rings. The van der Waals surface area contributed by atoms with Gasteiger partial charge in [-0.25, -0.2) is 4.79 Å². The molecule has 0 amide bonds. The molecule has 1 unspecified atom stereocenters. The van der Waals surface area contributed by atoms with Crippen LogP contribution in [0.3, 0.4) is 0 Å². The minimum absolute atomic E-state index is 0.295. The third-order valence-electron chi connectivity index (χ3n) is 5.19. The van der Waals surface area contributed by atoms with Crippen molar-refractivity contribution >= 4 is 30.1 Å². The zero-order valence-corrected chi connectivity index (χ0v) is 18.2. The molecule has 2 aromatic carbocycles. The monoisotopic (exact) mass is 431 g/mol. The molecule has 1 atom stereocenters. The van der Waals surface area contributed by atoms with Crippen molar-refractivity contribution < 1.29 is 4.74 Å². The first-order chi connectivity index (χ1) is 15.4. The number of nitriles is 1. The number of nitrogen functional groups attached to an aromatic ring is 1. The molecule has 1 heterocycles. The Morgan fingerprint density at radius 3 is 2.69 bits per heavy atom. The fourth-order valence-electron chi connectivity index (χ4n) is 3.17. The SMILES string of the molecule is C=Nc1cc(C#N)ccc1N(C)C(C)/N=C\c1[nH]c(=O)n(Cc2ccc(OC)cc2)c1N. The second-order valence-electron chi connectivity index (χ2n) is 7.16. The molecule has 0 bridgehead atoms. The van der Waals surface area contributed by atoms with Crippen molar-refractivity contribution in [2.45, 2.75) is 19.6 Å². The average molecular weight is 432 g/mol. The topological polar surface area (TPSA) is 125 Å². The van der Waals surface area contributed by atoms with Crippen molar-refractivity contribution in [3.05, 3.63) is 69.8 Å². The Morgan fingerprint density at radius 1 is 1.34 bits per heavy atom.